The Labute approximate surface area is 188 Å². The molecular weight excluding hydrogens is 388 g/mol. The zero-order valence-electron chi connectivity index (χ0n) is 19.6. The lowest BCUT2D eigenvalue weighted by molar-refractivity contribution is -0.143. The predicted molar refractivity (Wildman–Crippen MR) is 125 cm³/mol. The van der Waals surface area contributed by atoms with Gasteiger partial charge in [0.25, 0.3) is 0 Å². The molecule has 0 spiro atoms. The van der Waals surface area contributed by atoms with Crippen LogP contribution in [-0.4, -0.2) is 28.7 Å². The van der Waals surface area contributed by atoms with Crippen molar-refractivity contribution in [2.24, 2.45) is 0 Å². The quantitative estimate of drug-likeness (QED) is 0.231. The molecule has 5 nitrogen and oxygen atoms in total. The number of aromatic nitrogens is 2. The van der Waals surface area contributed by atoms with Gasteiger partial charge in [-0.25, -0.2) is 4.98 Å². The Morgan fingerprint density at radius 2 is 1.74 bits per heavy atom. The van der Waals surface area contributed by atoms with E-state index in [0.717, 1.165) is 32.4 Å². The van der Waals surface area contributed by atoms with Gasteiger partial charge < -0.3 is 14.0 Å². The van der Waals surface area contributed by atoms with Gasteiger partial charge >= 0.3 is 5.97 Å². The van der Waals surface area contributed by atoms with Crippen LogP contribution in [0, 0.1) is 13.8 Å². The molecule has 0 saturated carbocycles. The molecule has 2 rings (SSSR count). The molecule has 1 heterocycles. The number of hydrogen-bond donors (Lipinski definition) is 0. The second-order valence-electron chi connectivity index (χ2n) is 8.36. The fourth-order valence-corrected chi connectivity index (χ4v) is 3.90. The van der Waals surface area contributed by atoms with Crippen molar-refractivity contribution in [3.05, 3.63) is 53.6 Å². The first-order chi connectivity index (χ1) is 15.1. The van der Waals surface area contributed by atoms with Crippen molar-refractivity contribution in [3.8, 4) is 0 Å². The zero-order valence-corrected chi connectivity index (χ0v) is 19.6. The maximum atomic E-state index is 11.3. The third-order valence-corrected chi connectivity index (χ3v) is 5.61. The normalized spacial score (nSPS) is 12.1. The molecule has 5 heteroatoms. The summed E-state index contributed by atoms with van der Waals surface area (Å²) in [4.78, 5) is 15.5. The fraction of sp³-hybridized carbons (Fsp3) is 0.615. The molecule has 0 bridgehead atoms. The van der Waals surface area contributed by atoms with E-state index in [1.165, 1.54) is 48.8 Å². The first-order valence-electron chi connectivity index (χ1n) is 11.9. The van der Waals surface area contributed by atoms with Crippen LogP contribution >= 0.6 is 0 Å². The summed E-state index contributed by atoms with van der Waals surface area (Å²) in [5.41, 5.74) is 3.83. The maximum absolute atomic E-state index is 11.3. The number of ether oxygens (including phenoxy) is 2. The van der Waals surface area contributed by atoms with Gasteiger partial charge in [0.15, 0.2) is 0 Å². The van der Waals surface area contributed by atoms with Gasteiger partial charge in [-0.05, 0) is 44.7 Å². The minimum absolute atomic E-state index is 0.0502. The van der Waals surface area contributed by atoms with Crippen molar-refractivity contribution < 1.29 is 14.3 Å². The average Bonchev–Trinajstić information content (AvgIpc) is 3.24. The fourth-order valence-electron chi connectivity index (χ4n) is 3.90. The number of benzene rings is 1. The van der Waals surface area contributed by atoms with Gasteiger partial charge in [0, 0.05) is 25.4 Å². The molecule has 31 heavy (non-hydrogen) atoms. The number of esters is 1. The van der Waals surface area contributed by atoms with Crippen molar-refractivity contribution in [2.45, 2.75) is 91.2 Å². The van der Waals surface area contributed by atoms with E-state index < -0.39 is 0 Å². The number of hydrogen-bond acceptors (Lipinski definition) is 4. The summed E-state index contributed by atoms with van der Waals surface area (Å²) in [6, 6.07) is 6.60. The van der Waals surface area contributed by atoms with Crippen LogP contribution in [0.4, 0.5) is 0 Å². The summed E-state index contributed by atoms with van der Waals surface area (Å²) >= 11 is 0. The van der Waals surface area contributed by atoms with Crippen LogP contribution < -0.4 is 0 Å². The van der Waals surface area contributed by atoms with Crippen molar-refractivity contribution in [1.29, 1.82) is 0 Å². The van der Waals surface area contributed by atoms with E-state index in [0.29, 0.717) is 13.0 Å². The Bertz CT molecular complexity index is 743. The molecule has 0 amide bonds. The lowest BCUT2D eigenvalue weighted by atomic mass is 10.0. The Morgan fingerprint density at radius 1 is 1.03 bits per heavy atom. The second-order valence-corrected chi connectivity index (χ2v) is 8.36. The molecule has 0 N–H and O–H groups in total. The standard InChI is InChI=1S/C26H40N2O3/c1-4-30-26(29)13-11-9-7-5-6-8-10-12-18-31-25(20-28-17-16-27-21-28)24-15-14-22(2)19-23(24)3/h14-17,19,21,25H,4-13,18,20H2,1-3H3. The van der Waals surface area contributed by atoms with Gasteiger partial charge in [-0.1, -0.05) is 62.3 Å². The van der Waals surface area contributed by atoms with Crippen LogP contribution in [-0.2, 0) is 20.8 Å². The highest BCUT2D eigenvalue weighted by Crippen LogP contribution is 2.24. The summed E-state index contributed by atoms with van der Waals surface area (Å²) in [7, 11) is 0. The second kappa shape index (κ2) is 14.8. The highest BCUT2D eigenvalue weighted by molar-refractivity contribution is 5.69. The molecule has 2 aromatic rings. The molecule has 0 aliphatic rings. The van der Waals surface area contributed by atoms with Gasteiger partial charge in [0.2, 0.25) is 0 Å². The number of aryl methyl sites for hydroxylation is 2. The zero-order chi connectivity index (χ0) is 22.3. The highest BCUT2D eigenvalue weighted by atomic mass is 16.5. The molecule has 0 fully saturated rings. The van der Waals surface area contributed by atoms with Crippen molar-refractivity contribution in [1.82, 2.24) is 9.55 Å². The minimum atomic E-state index is -0.0605. The van der Waals surface area contributed by atoms with Crippen molar-refractivity contribution >= 4 is 5.97 Å². The van der Waals surface area contributed by atoms with Gasteiger partial charge in [-0.15, -0.1) is 0 Å². The third-order valence-electron chi connectivity index (χ3n) is 5.61. The predicted octanol–water partition coefficient (Wildman–Crippen LogP) is 6.33. The summed E-state index contributed by atoms with van der Waals surface area (Å²) in [5, 5.41) is 0. The van der Waals surface area contributed by atoms with E-state index in [2.05, 4.69) is 41.6 Å². The first-order valence-corrected chi connectivity index (χ1v) is 11.9. The summed E-state index contributed by atoms with van der Waals surface area (Å²) in [6.07, 6.45) is 15.6. The molecule has 1 unspecified atom stereocenters. The van der Waals surface area contributed by atoms with Gasteiger partial charge in [-0.2, -0.15) is 0 Å². The highest BCUT2D eigenvalue weighted by Gasteiger charge is 2.15. The summed E-state index contributed by atoms with van der Waals surface area (Å²) < 4.78 is 13.4. The van der Waals surface area contributed by atoms with Gasteiger partial charge in [0.05, 0.1) is 19.5 Å². The Hall–Kier alpha value is -2.14. The molecule has 0 radical (unpaired) electrons. The number of imidazole rings is 1. The van der Waals surface area contributed by atoms with Crippen LogP contribution in [0.5, 0.6) is 0 Å². The summed E-state index contributed by atoms with van der Waals surface area (Å²) in [6.45, 7) is 8.20. The van der Waals surface area contributed by atoms with Crippen LogP contribution in [0.3, 0.4) is 0 Å². The van der Waals surface area contributed by atoms with Crippen LogP contribution in [0.1, 0.15) is 87.5 Å². The van der Waals surface area contributed by atoms with Gasteiger partial charge in [0.1, 0.15) is 6.10 Å². The monoisotopic (exact) mass is 428 g/mol. The van der Waals surface area contributed by atoms with Crippen LogP contribution in [0.2, 0.25) is 0 Å². The Kier molecular flexibility index (Phi) is 12.0. The summed E-state index contributed by atoms with van der Waals surface area (Å²) in [5.74, 6) is -0.0605. The average molecular weight is 429 g/mol. The molecule has 1 aromatic heterocycles. The van der Waals surface area contributed by atoms with E-state index in [-0.39, 0.29) is 12.1 Å². The van der Waals surface area contributed by atoms with Crippen molar-refractivity contribution in [2.75, 3.05) is 13.2 Å². The number of carbonyl (C=O) groups is 1. The Morgan fingerprint density at radius 3 is 2.39 bits per heavy atom. The van der Waals surface area contributed by atoms with Crippen LogP contribution in [0.25, 0.3) is 0 Å². The van der Waals surface area contributed by atoms with Gasteiger partial charge in [-0.3, -0.25) is 4.79 Å². The molecule has 0 aliphatic heterocycles. The van der Waals surface area contributed by atoms with Crippen LogP contribution in [0.15, 0.2) is 36.9 Å². The molecule has 172 valence electrons. The lowest BCUT2D eigenvalue weighted by Crippen LogP contribution is -2.14. The van der Waals surface area contributed by atoms with E-state index in [9.17, 15) is 4.79 Å². The molecule has 1 atom stereocenters. The van der Waals surface area contributed by atoms with Crippen molar-refractivity contribution in [3.63, 3.8) is 0 Å². The smallest absolute Gasteiger partial charge is 0.305 e. The Balaban J connectivity index is 1.61. The molecule has 0 aliphatic carbocycles. The topological polar surface area (TPSA) is 53.4 Å². The molecular formula is C26H40N2O3. The number of carbonyl (C=O) groups excluding carboxylic acids is 1. The van der Waals surface area contributed by atoms with E-state index in [1.807, 2.05) is 25.6 Å². The number of unbranched alkanes of at least 4 members (excludes halogenated alkanes) is 7. The number of rotatable bonds is 16. The minimum Gasteiger partial charge on any atom is -0.466 e. The first kappa shape index (κ1) is 25.1. The SMILES string of the molecule is CCOC(=O)CCCCCCCCCCOC(Cn1ccnc1)c1ccc(C)cc1C. The van der Waals surface area contributed by atoms with E-state index in [1.54, 1.807) is 0 Å². The largest absolute Gasteiger partial charge is 0.466 e. The van der Waals surface area contributed by atoms with E-state index >= 15 is 0 Å². The molecule has 0 saturated heterocycles. The maximum Gasteiger partial charge on any atom is 0.305 e. The third kappa shape index (κ3) is 10.1. The van der Waals surface area contributed by atoms with E-state index in [4.69, 9.17) is 9.47 Å². The lowest BCUT2D eigenvalue weighted by Gasteiger charge is -2.21. The molecule has 1 aromatic carbocycles. The number of nitrogens with zero attached hydrogens (tertiary/aromatic N) is 2.